The molecule has 0 aliphatic carbocycles. The largest absolute Gasteiger partial charge is 0.409 e. The van der Waals surface area contributed by atoms with E-state index in [1.807, 2.05) is 0 Å². The van der Waals surface area contributed by atoms with E-state index in [1.54, 1.807) is 0 Å². The van der Waals surface area contributed by atoms with Crippen LogP contribution in [-0.2, 0) is 19.9 Å². The van der Waals surface area contributed by atoms with Crippen LogP contribution < -0.4 is 10.5 Å². The third-order valence-corrected chi connectivity index (χ3v) is 5.98. The van der Waals surface area contributed by atoms with E-state index in [0.717, 1.165) is 6.26 Å². The number of hydrogen-bond acceptors (Lipinski definition) is 6. The zero-order chi connectivity index (χ0) is 15.6. The third-order valence-electron chi connectivity index (χ3n) is 2.00. The summed E-state index contributed by atoms with van der Waals surface area (Å²) in [6, 6.07) is 4.30. The van der Waals surface area contributed by atoms with Crippen molar-refractivity contribution in [3.63, 3.8) is 0 Å². The maximum Gasteiger partial charge on any atom is 0.247 e. The summed E-state index contributed by atoms with van der Waals surface area (Å²) in [6.45, 7) is 0. The highest BCUT2D eigenvalue weighted by Gasteiger charge is 2.20. The summed E-state index contributed by atoms with van der Waals surface area (Å²) in [7, 11) is -7.83. The molecule has 0 fully saturated rings. The van der Waals surface area contributed by atoms with Gasteiger partial charge in [-0.1, -0.05) is 21.1 Å². The molecule has 0 amide bonds. The van der Waals surface area contributed by atoms with Crippen LogP contribution >= 0.6 is 15.9 Å². The smallest absolute Gasteiger partial charge is 0.247 e. The zero-order valence-corrected chi connectivity index (χ0v) is 13.5. The molecular weight excluding hydrogens is 374 g/mol. The summed E-state index contributed by atoms with van der Waals surface area (Å²) in [4.78, 5) is 0. The number of oxime groups is 1. The Bertz CT molecular complexity index is 743. The molecule has 0 spiro atoms. The second-order valence-corrected chi connectivity index (χ2v) is 9.08. The van der Waals surface area contributed by atoms with Gasteiger partial charge in [-0.2, -0.15) is 0 Å². The number of anilines is 1. The normalized spacial score (nSPS) is 13.2. The summed E-state index contributed by atoms with van der Waals surface area (Å²) < 4.78 is 48.2. The van der Waals surface area contributed by atoms with Gasteiger partial charge in [0.2, 0.25) is 10.0 Å². The first-order valence-electron chi connectivity index (χ1n) is 5.00. The summed E-state index contributed by atoms with van der Waals surface area (Å²) in [5, 5.41) is 10.4. The maximum absolute atomic E-state index is 11.7. The van der Waals surface area contributed by atoms with Crippen LogP contribution in [0, 0.1) is 0 Å². The fraction of sp³-hybridized carbons (Fsp3) is 0.222. The van der Waals surface area contributed by atoms with Crippen LogP contribution in [-0.4, -0.2) is 39.2 Å². The summed E-state index contributed by atoms with van der Waals surface area (Å²) in [6.07, 6.45) is 0.804. The standard InChI is InChI=1S/C9H12BrN3O5S2/c1-19(15,16)5-20(17,18)13-8-3-2-6(10)4-7(8)9(11)12-14/h2-4,13-14H,5H2,1H3,(H2,11,12). The van der Waals surface area contributed by atoms with E-state index >= 15 is 0 Å². The molecule has 112 valence electrons. The Morgan fingerprint density at radius 3 is 2.50 bits per heavy atom. The van der Waals surface area contributed by atoms with E-state index < -0.39 is 24.9 Å². The Morgan fingerprint density at radius 2 is 2.00 bits per heavy atom. The molecule has 4 N–H and O–H groups in total. The topological polar surface area (TPSA) is 139 Å². The molecule has 0 saturated heterocycles. The van der Waals surface area contributed by atoms with E-state index in [0.29, 0.717) is 4.47 Å². The summed E-state index contributed by atoms with van der Waals surface area (Å²) >= 11 is 3.16. The SMILES string of the molecule is CS(=O)(=O)CS(=O)(=O)Nc1ccc(Br)cc1/C(N)=N/O. The number of amidine groups is 1. The minimum Gasteiger partial charge on any atom is -0.409 e. The number of nitrogens with one attached hydrogen (secondary N) is 1. The number of nitrogens with zero attached hydrogens (tertiary/aromatic N) is 1. The number of sulfonamides is 1. The fourth-order valence-electron chi connectivity index (χ4n) is 1.35. The lowest BCUT2D eigenvalue weighted by molar-refractivity contribution is 0.318. The van der Waals surface area contributed by atoms with Gasteiger partial charge in [-0.3, -0.25) is 4.72 Å². The van der Waals surface area contributed by atoms with Gasteiger partial charge in [0.15, 0.2) is 20.8 Å². The van der Waals surface area contributed by atoms with Gasteiger partial charge in [0.1, 0.15) is 0 Å². The lowest BCUT2D eigenvalue weighted by Gasteiger charge is -2.11. The second-order valence-electron chi connectivity index (χ2n) is 3.94. The van der Waals surface area contributed by atoms with Crippen LogP contribution in [0.15, 0.2) is 27.8 Å². The number of benzene rings is 1. The molecule has 0 bridgehead atoms. The number of halogens is 1. The first kappa shape index (κ1) is 16.7. The van der Waals surface area contributed by atoms with Gasteiger partial charge in [-0.05, 0) is 18.2 Å². The van der Waals surface area contributed by atoms with Crippen molar-refractivity contribution in [1.82, 2.24) is 0 Å². The summed E-state index contributed by atoms with van der Waals surface area (Å²) in [5.74, 6) is -0.316. The van der Waals surface area contributed by atoms with Crippen molar-refractivity contribution in [1.29, 1.82) is 0 Å². The molecule has 0 radical (unpaired) electrons. The molecule has 1 rings (SSSR count). The molecule has 1 aromatic carbocycles. The predicted octanol–water partition coefficient (Wildman–Crippen LogP) is 0.287. The van der Waals surface area contributed by atoms with Crippen LogP contribution in [0.25, 0.3) is 0 Å². The molecule has 1 aromatic rings. The first-order valence-corrected chi connectivity index (χ1v) is 9.50. The second kappa shape index (κ2) is 5.97. The van der Waals surface area contributed by atoms with Crippen LogP contribution in [0.3, 0.4) is 0 Å². The highest BCUT2D eigenvalue weighted by molar-refractivity contribution is 9.10. The summed E-state index contributed by atoms with van der Waals surface area (Å²) in [5.41, 5.74) is 5.55. The predicted molar refractivity (Wildman–Crippen MR) is 78.9 cm³/mol. The van der Waals surface area contributed by atoms with Crippen LogP contribution in [0.1, 0.15) is 5.56 Å². The van der Waals surface area contributed by atoms with Gasteiger partial charge in [-0.15, -0.1) is 0 Å². The van der Waals surface area contributed by atoms with Gasteiger partial charge >= 0.3 is 0 Å². The van der Waals surface area contributed by atoms with E-state index in [1.165, 1.54) is 18.2 Å². The van der Waals surface area contributed by atoms with Crippen molar-refractivity contribution in [3.05, 3.63) is 28.2 Å². The molecule has 0 atom stereocenters. The number of nitrogens with two attached hydrogens (primary N) is 1. The van der Waals surface area contributed by atoms with Gasteiger partial charge < -0.3 is 10.9 Å². The van der Waals surface area contributed by atoms with Gasteiger partial charge in [0, 0.05) is 16.3 Å². The number of rotatable bonds is 5. The van der Waals surface area contributed by atoms with Crippen molar-refractivity contribution < 1.29 is 22.0 Å². The van der Waals surface area contributed by atoms with Crippen molar-refractivity contribution in [3.8, 4) is 0 Å². The zero-order valence-electron chi connectivity index (χ0n) is 10.2. The van der Waals surface area contributed by atoms with Crippen LogP contribution in [0.2, 0.25) is 0 Å². The Kier molecular flexibility index (Phi) is 5.00. The van der Waals surface area contributed by atoms with E-state index in [4.69, 9.17) is 10.9 Å². The minimum absolute atomic E-state index is 0.00662. The number of hydrogen-bond donors (Lipinski definition) is 3. The molecule has 11 heteroatoms. The molecule has 0 heterocycles. The maximum atomic E-state index is 11.7. The molecule has 0 aliphatic heterocycles. The molecule has 0 unspecified atom stereocenters. The van der Waals surface area contributed by atoms with Gasteiger partial charge in [0.05, 0.1) is 5.69 Å². The molecule has 20 heavy (non-hydrogen) atoms. The van der Waals surface area contributed by atoms with Gasteiger partial charge in [-0.25, -0.2) is 16.8 Å². The quantitative estimate of drug-likeness (QED) is 0.288. The lowest BCUT2D eigenvalue weighted by atomic mass is 10.2. The molecular formula is C9H12BrN3O5S2. The van der Waals surface area contributed by atoms with Gasteiger partial charge in [0.25, 0.3) is 0 Å². The monoisotopic (exact) mass is 385 g/mol. The van der Waals surface area contributed by atoms with Crippen molar-refractivity contribution in [2.75, 3.05) is 16.1 Å². The fourth-order valence-corrected chi connectivity index (χ4v) is 4.71. The Labute approximate surface area is 124 Å². The first-order chi connectivity index (χ1) is 9.04. The highest BCUT2D eigenvalue weighted by atomic mass is 79.9. The molecule has 8 nitrogen and oxygen atoms in total. The minimum atomic E-state index is -4.11. The Hall–Kier alpha value is -1.33. The Morgan fingerprint density at radius 1 is 1.40 bits per heavy atom. The van der Waals surface area contributed by atoms with Crippen molar-refractivity contribution in [2.45, 2.75) is 0 Å². The molecule has 0 saturated carbocycles. The lowest BCUT2D eigenvalue weighted by Crippen LogP contribution is -2.24. The molecule has 0 aliphatic rings. The average Bonchev–Trinajstić information content (AvgIpc) is 2.27. The van der Waals surface area contributed by atoms with Crippen LogP contribution in [0.5, 0.6) is 0 Å². The molecule has 0 aromatic heterocycles. The third kappa shape index (κ3) is 4.98. The van der Waals surface area contributed by atoms with E-state index in [2.05, 4.69) is 25.8 Å². The van der Waals surface area contributed by atoms with Crippen LogP contribution in [0.4, 0.5) is 5.69 Å². The average molecular weight is 386 g/mol. The van der Waals surface area contributed by atoms with E-state index in [-0.39, 0.29) is 17.1 Å². The van der Waals surface area contributed by atoms with E-state index in [9.17, 15) is 16.8 Å². The highest BCUT2D eigenvalue weighted by Crippen LogP contribution is 2.22. The Balaban J connectivity index is 3.22. The van der Waals surface area contributed by atoms with Crippen molar-refractivity contribution >= 4 is 47.3 Å². The van der Waals surface area contributed by atoms with Crippen molar-refractivity contribution in [2.24, 2.45) is 10.9 Å². The number of sulfone groups is 1.